The Kier molecular flexibility index (Phi) is 6.59. The molecule has 0 aliphatic carbocycles. The van der Waals surface area contributed by atoms with Gasteiger partial charge in [-0.25, -0.2) is 0 Å². The van der Waals surface area contributed by atoms with E-state index in [1.165, 1.54) is 11.1 Å². The number of aromatic nitrogens is 1. The quantitative estimate of drug-likeness (QED) is 0.353. The predicted octanol–water partition coefficient (Wildman–Crippen LogP) is 4.30. The number of hydrogen-bond donors (Lipinski definition) is 3. The zero-order valence-corrected chi connectivity index (χ0v) is 18.9. The number of benzene rings is 3. The van der Waals surface area contributed by atoms with Crippen LogP contribution in [0.2, 0.25) is 0 Å². The highest BCUT2D eigenvalue weighted by atomic mass is 16.5. The average molecular weight is 453 g/mol. The number of fused-ring (bicyclic) bond motifs is 1. The summed E-state index contributed by atoms with van der Waals surface area (Å²) < 4.78 is 6.01. The Hall–Kier alpha value is -3.63. The molecule has 1 aliphatic rings. The summed E-state index contributed by atoms with van der Waals surface area (Å²) >= 11 is 0. The summed E-state index contributed by atoms with van der Waals surface area (Å²) in [5.41, 5.74) is 4.85. The van der Waals surface area contributed by atoms with E-state index in [9.17, 15) is 5.11 Å². The van der Waals surface area contributed by atoms with Gasteiger partial charge in [0.15, 0.2) is 0 Å². The first kappa shape index (κ1) is 22.2. The number of nitrogens with one attached hydrogen (secondary N) is 2. The molecule has 0 spiro atoms. The molecule has 3 N–H and O–H groups in total. The van der Waals surface area contributed by atoms with Crippen LogP contribution >= 0.6 is 0 Å². The van der Waals surface area contributed by atoms with E-state index in [1.807, 2.05) is 36.4 Å². The molecule has 1 atom stereocenters. The van der Waals surface area contributed by atoms with Crippen LogP contribution in [0.5, 0.6) is 0 Å². The molecule has 1 saturated heterocycles. The molecular formula is C28H28N4O2. The van der Waals surface area contributed by atoms with E-state index < -0.39 is 6.10 Å². The van der Waals surface area contributed by atoms with Crippen LogP contribution in [-0.2, 0) is 4.74 Å². The number of aromatic amines is 1. The summed E-state index contributed by atoms with van der Waals surface area (Å²) in [7, 11) is 0. The SMILES string of the molecule is N#Cc1cc2c(NC[C@H](O)COC3CN(C(c4ccccc4)c4ccccc4)C3)cccc2[nH]1. The average Bonchev–Trinajstić information content (AvgIpc) is 3.29. The molecule has 172 valence electrons. The maximum absolute atomic E-state index is 10.5. The summed E-state index contributed by atoms with van der Waals surface area (Å²) in [6.07, 6.45) is -0.520. The number of anilines is 1. The van der Waals surface area contributed by atoms with Crippen molar-refractivity contribution in [1.29, 1.82) is 5.26 Å². The molecule has 5 rings (SSSR count). The lowest BCUT2D eigenvalue weighted by molar-refractivity contribution is -0.0875. The molecule has 1 aliphatic heterocycles. The van der Waals surface area contributed by atoms with Crippen molar-refractivity contribution in [2.24, 2.45) is 0 Å². The van der Waals surface area contributed by atoms with Crippen LogP contribution < -0.4 is 5.32 Å². The molecule has 4 aromatic rings. The van der Waals surface area contributed by atoms with Gasteiger partial charge in [-0.2, -0.15) is 5.26 Å². The largest absolute Gasteiger partial charge is 0.389 e. The number of nitrogens with zero attached hydrogens (tertiary/aromatic N) is 2. The maximum Gasteiger partial charge on any atom is 0.118 e. The molecule has 6 nitrogen and oxygen atoms in total. The predicted molar refractivity (Wildman–Crippen MR) is 134 cm³/mol. The molecule has 1 fully saturated rings. The third-order valence-electron chi connectivity index (χ3n) is 6.31. The lowest BCUT2D eigenvalue weighted by Gasteiger charge is -2.44. The fourth-order valence-electron chi connectivity index (χ4n) is 4.57. The Bertz CT molecular complexity index is 1220. The second-order valence-electron chi connectivity index (χ2n) is 8.73. The normalized spacial score (nSPS) is 15.2. The number of H-pyrrole nitrogens is 1. The molecule has 0 unspecified atom stereocenters. The molecule has 2 heterocycles. The number of ether oxygens (including phenoxy) is 1. The number of nitriles is 1. The van der Waals surface area contributed by atoms with Crippen molar-refractivity contribution in [3.63, 3.8) is 0 Å². The zero-order chi connectivity index (χ0) is 23.3. The molecule has 6 heteroatoms. The number of rotatable bonds is 9. The van der Waals surface area contributed by atoms with Crippen molar-refractivity contribution >= 4 is 16.6 Å². The minimum atomic E-state index is -0.627. The van der Waals surface area contributed by atoms with Gasteiger partial charge in [0.05, 0.1) is 24.9 Å². The van der Waals surface area contributed by atoms with E-state index in [4.69, 9.17) is 10.00 Å². The van der Waals surface area contributed by atoms with E-state index in [0.29, 0.717) is 12.2 Å². The molecule has 34 heavy (non-hydrogen) atoms. The first-order valence-electron chi connectivity index (χ1n) is 11.6. The van der Waals surface area contributed by atoms with E-state index in [-0.39, 0.29) is 18.8 Å². The van der Waals surface area contributed by atoms with Crippen LogP contribution in [0.1, 0.15) is 22.9 Å². The van der Waals surface area contributed by atoms with Crippen molar-refractivity contribution in [1.82, 2.24) is 9.88 Å². The fraction of sp³-hybridized carbons (Fsp3) is 0.250. The molecule has 3 aromatic carbocycles. The van der Waals surface area contributed by atoms with Crippen molar-refractivity contribution in [3.8, 4) is 6.07 Å². The number of hydrogen-bond acceptors (Lipinski definition) is 5. The van der Waals surface area contributed by atoms with Crippen molar-refractivity contribution < 1.29 is 9.84 Å². The number of aliphatic hydroxyl groups is 1. The first-order chi connectivity index (χ1) is 16.7. The van der Waals surface area contributed by atoms with Gasteiger partial charge in [0, 0.05) is 36.2 Å². The number of aliphatic hydroxyl groups excluding tert-OH is 1. The minimum absolute atomic E-state index is 0.107. The van der Waals surface area contributed by atoms with Crippen LogP contribution in [0.25, 0.3) is 10.9 Å². The Morgan fingerprint density at radius 1 is 1.00 bits per heavy atom. The van der Waals surface area contributed by atoms with Crippen molar-refractivity contribution in [2.75, 3.05) is 31.6 Å². The minimum Gasteiger partial charge on any atom is -0.389 e. The Morgan fingerprint density at radius 3 is 2.32 bits per heavy atom. The maximum atomic E-state index is 10.5. The summed E-state index contributed by atoms with van der Waals surface area (Å²) in [6, 6.07) is 31.1. The van der Waals surface area contributed by atoms with E-state index >= 15 is 0 Å². The lowest BCUT2D eigenvalue weighted by atomic mass is 9.94. The summed E-state index contributed by atoms with van der Waals surface area (Å²) in [5, 5.41) is 23.8. The van der Waals surface area contributed by atoms with Gasteiger partial charge in [-0.1, -0.05) is 66.7 Å². The Morgan fingerprint density at radius 2 is 1.68 bits per heavy atom. The Balaban J connectivity index is 1.13. The van der Waals surface area contributed by atoms with Crippen LogP contribution in [0.3, 0.4) is 0 Å². The molecule has 0 amide bonds. The number of likely N-dealkylation sites (tertiary alicyclic amines) is 1. The monoisotopic (exact) mass is 452 g/mol. The van der Waals surface area contributed by atoms with Crippen molar-refractivity contribution in [3.05, 3.63) is 102 Å². The summed E-state index contributed by atoms with van der Waals surface area (Å²) in [5.74, 6) is 0. The van der Waals surface area contributed by atoms with Crippen LogP contribution in [0, 0.1) is 11.3 Å². The van der Waals surface area contributed by atoms with Gasteiger partial charge >= 0.3 is 0 Å². The van der Waals surface area contributed by atoms with Gasteiger partial charge < -0.3 is 20.1 Å². The van der Waals surface area contributed by atoms with E-state index in [2.05, 4.69) is 69.8 Å². The van der Waals surface area contributed by atoms with Crippen molar-refractivity contribution in [2.45, 2.75) is 18.2 Å². The van der Waals surface area contributed by atoms with Gasteiger partial charge in [-0.3, -0.25) is 4.90 Å². The van der Waals surface area contributed by atoms with Crippen LogP contribution in [0.4, 0.5) is 5.69 Å². The van der Waals surface area contributed by atoms with Crippen LogP contribution in [0.15, 0.2) is 84.9 Å². The Labute approximate surface area is 199 Å². The molecule has 0 saturated carbocycles. The van der Waals surface area contributed by atoms with Gasteiger partial charge in [0.2, 0.25) is 0 Å². The fourth-order valence-corrected chi connectivity index (χ4v) is 4.57. The summed E-state index contributed by atoms with van der Waals surface area (Å²) in [4.78, 5) is 5.49. The topological polar surface area (TPSA) is 84.3 Å². The third-order valence-corrected chi connectivity index (χ3v) is 6.31. The van der Waals surface area contributed by atoms with Gasteiger partial charge in [-0.05, 0) is 29.3 Å². The third kappa shape index (κ3) is 4.82. The van der Waals surface area contributed by atoms with Gasteiger partial charge in [0.25, 0.3) is 0 Å². The molecule has 0 bridgehead atoms. The highest BCUT2D eigenvalue weighted by Crippen LogP contribution is 2.33. The molecular weight excluding hydrogens is 424 g/mol. The first-order valence-corrected chi connectivity index (χ1v) is 11.6. The van der Waals surface area contributed by atoms with E-state index in [1.54, 1.807) is 0 Å². The molecule has 1 aromatic heterocycles. The second kappa shape index (κ2) is 10.1. The van der Waals surface area contributed by atoms with E-state index in [0.717, 1.165) is 29.7 Å². The standard InChI is InChI=1S/C28H28N4O2/c29-15-22-14-25-26(12-7-13-27(25)31-22)30-16-23(33)19-34-24-17-32(18-24)28(20-8-3-1-4-9-20)21-10-5-2-6-11-21/h1-14,23-24,28,30-31,33H,16-19H2/t23-/m0/s1. The second-order valence-corrected chi connectivity index (χ2v) is 8.73. The summed E-state index contributed by atoms with van der Waals surface area (Å²) in [6.45, 7) is 2.31. The zero-order valence-electron chi connectivity index (χ0n) is 18.9. The smallest absolute Gasteiger partial charge is 0.118 e. The highest BCUT2D eigenvalue weighted by molar-refractivity contribution is 5.93. The highest BCUT2D eigenvalue weighted by Gasteiger charge is 2.34. The molecule has 0 radical (unpaired) electrons. The van der Waals surface area contributed by atoms with Crippen LogP contribution in [-0.4, -0.2) is 53.4 Å². The van der Waals surface area contributed by atoms with Gasteiger partial charge in [-0.15, -0.1) is 0 Å². The van der Waals surface area contributed by atoms with Gasteiger partial charge in [0.1, 0.15) is 11.8 Å². The lowest BCUT2D eigenvalue weighted by Crippen LogP contribution is -2.54.